The molecule has 0 spiro atoms. The third-order valence-electron chi connectivity index (χ3n) is 5.02. The summed E-state index contributed by atoms with van der Waals surface area (Å²) in [5.74, 6) is -0.426. The molecule has 7 heteroatoms. The first-order valence-corrected chi connectivity index (χ1v) is 9.41. The van der Waals surface area contributed by atoms with Crippen LogP contribution in [0.2, 0.25) is 0 Å². The Hall–Kier alpha value is -3.06. The van der Waals surface area contributed by atoms with E-state index in [0.29, 0.717) is 16.8 Å². The third-order valence-corrected chi connectivity index (χ3v) is 5.02. The van der Waals surface area contributed by atoms with Gasteiger partial charge in [0.05, 0.1) is 11.3 Å². The molecule has 0 radical (unpaired) electrons. The van der Waals surface area contributed by atoms with Gasteiger partial charge in [-0.1, -0.05) is 12.1 Å². The van der Waals surface area contributed by atoms with Crippen LogP contribution < -0.4 is 5.32 Å². The number of halogens is 1. The van der Waals surface area contributed by atoms with Crippen molar-refractivity contribution in [1.29, 1.82) is 0 Å². The molecule has 144 valence electrons. The van der Waals surface area contributed by atoms with E-state index in [4.69, 9.17) is 0 Å². The molecular formula is C21H22FN5O. The normalized spacial score (nSPS) is 15.5. The van der Waals surface area contributed by atoms with Gasteiger partial charge < -0.3 is 5.32 Å². The molecule has 1 aliphatic heterocycles. The molecule has 1 amide bonds. The van der Waals surface area contributed by atoms with Gasteiger partial charge in [0.1, 0.15) is 5.82 Å². The third kappa shape index (κ3) is 4.43. The second-order valence-electron chi connectivity index (χ2n) is 7.05. The number of carbonyl (C=O) groups is 1. The van der Waals surface area contributed by atoms with Gasteiger partial charge in [0.15, 0.2) is 0 Å². The summed E-state index contributed by atoms with van der Waals surface area (Å²) in [6.07, 6.45) is 5.13. The Balaban J connectivity index is 1.30. The smallest absolute Gasteiger partial charge is 0.253 e. The molecular weight excluding hydrogens is 357 g/mol. The molecule has 1 aromatic carbocycles. The van der Waals surface area contributed by atoms with Crippen LogP contribution in [0.3, 0.4) is 0 Å². The average Bonchev–Trinajstić information content (AvgIpc) is 3.23. The van der Waals surface area contributed by atoms with E-state index in [2.05, 4.69) is 25.4 Å². The zero-order valence-electron chi connectivity index (χ0n) is 15.4. The Kier molecular flexibility index (Phi) is 5.43. The standard InChI is InChI=1S/C21H22FN5O/c22-17-3-1-2-15(12-17)20-5-4-16(13-23-20)21(28)25-18-7-10-27(11-8-18)14-19-6-9-24-26-19/h1-6,9,12-13,18H,7-8,10-11,14H2,(H,24,26)(H,25,28). The van der Waals surface area contributed by atoms with E-state index >= 15 is 0 Å². The van der Waals surface area contributed by atoms with Crippen molar-refractivity contribution in [1.82, 2.24) is 25.4 Å². The highest BCUT2D eigenvalue weighted by atomic mass is 19.1. The number of aromatic nitrogens is 3. The maximum atomic E-state index is 13.4. The maximum Gasteiger partial charge on any atom is 0.253 e. The fourth-order valence-corrected chi connectivity index (χ4v) is 3.46. The minimum Gasteiger partial charge on any atom is -0.349 e. The molecule has 3 heterocycles. The fourth-order valence-electron chi connectivity index (χ4n) is 3.46. The van der Waals surface area contributed by atoms with E-state index in [1.165, 1.54) is 12.1 Å². The average molecular weight is 379 g/mol. The van der Waals surface area contributed by atoms with Gasteiger partial charge in [-0.3, -0.25) is 19.8 Å². The monoisotopic (exact) mass is 379 g/mol. The highest BCUT2D eigenvalue weighted by Crippen LogP contribution is 2.18. The summed E-state index contributed by atoms with van der Waals surface area (Å²) in [5.41, 5.74) is 2.95. The second kappa shape index (κ2) is 8.31. The Morgan fingerprint density at radius 3 is 2.75 bits per heavy atom. The van der Waals surface area contributed by atoms with Crippen molar-refractivity contribution in [3.63, 3.8) is 0 Å². The molecule has 0 saturated carbocycles. The lowest BCUT2D eigenvalue weighted by molar-refractivity contribution is 0.0908. The Bertz CT molecular complexity index is 918. The van der Waals surface area contributed by atoms with Crippen LogP contribution in [0.4, 0.5) is 4.39 Å². The predicted octanol–water partition coefficient (Wildman–Crippen LogP) is 3.01. The number of hydrogen-bond acceptors (Lipinski definition) is 4. The molecule has 0 aliphatic carbocycles. The van der Waals surface area contributed by atoms with E-state index < -0.39 is 0 Å². The van der Waals surface area contributed by atoms with Crippen molar-refractivity contribution in [2.24, 2.45) is 0 Å². The van der Waals surface area contributed by atoms with Crippen LogP contribution >= 0.6 is 0 Å². The van der Waals surface area contributed by atoms with Crippen molar-refractivity contribution in [2.45, 2.75) is 25.4 Å². The summed E-state index contributed by atoms with van der Waals surface area (Å²) >= 11 is 0. The van der Waals surface area contributed by atoms with Gasteiger partial charge in [-0.25, -0.2) is 4.39 Å². The fraction of sp³-hybridized carbons (Fsp3) is 0.286. The molecule has 4 rings (SSSR count). The van der Waals surface area contributed by atoms with E-state index in [9.17, 15) is 9.18 Å². The first kappa shape index (κ1) is 18.3. The van der Waals surface area contributed by atoms with Crippen LogP contribution in [-0.2, 0) is 6.54 Å². The summed E-state index contributed by atoms with van der Waals surface area (Å²) < 4.78 is 13.4. The highest BCUT2D eigenvalue weighted by Gasteiger charge is 2.21. The summed E-state index contributed by atoms with van der Waals surface area (Å²) in [7, 11) is 0. The Morgan fingerprint density at radius 1 is 1.21 bits per heavy atom. The number of H-pyrrole nitrogens is 1. The summed E-state index contributed by atoms with van der Waals surface area (Å²) in [6, 6.07) is 11.9. The van der Waals surface area contributed by atoms with E-state index in [-0.39, 0.29) is 17.8 Å². The molecule has 6 nitrogen and oxygen atoms in total. The van der Waals surface area contributed by atoms with Gasteiger partial charge in [-0.05, 0) is 43.2 Å². The number of amides is 1. The number of hydrogen-bond donors (Lipinski definition) is 2. The number of pyridine rings is 1. The van der Waals surface area contributed by atoms with Crippen molar-refractivity contribution in [3.8, 4) is 11.3 Å². The van der Waals surface area contributed by atoms with Crippen molar-refractivity contribution in [2.75, 3.05) is 13.1 Å². The van der Waals surface area contributed by atoms with Crippen molar-refractivity contribution < 1.29 is 9.18 Å². The number of rotatable bonds is 5. The lowest BCUT2D eigenvalue weighted by atomic mass is 10.0. The molecule has 28 heavy (non-hydrogen) atoms. The molecule has 1 fully saturated rings. The van der Waals surface area contributed by atoms with Crippen LogP contribution in [0.15, 0.2) is 54.9 Å². The number of nitrogens with one attached hydrogen (secondary N) is 2. The van der Waals surface area contributed by atoms with Gasteiger partial charge in [-0.2, -0.15) is 5.10 Å². The van der Waals surface area contributed by atoms with Crippen LogP contribution in [0.5, 0.6) is 0 Å². The summed E-state index contributed by atoms with van der Waals surface area (Å²) in [6.45, 7) is 2.72. The topological polar surface area (TPSA) is 73.9 Å². The lowest BCUT2D eigenvalue weighted by Gasteiger charge is -2.31. The van der Waals surface area contributed by atoms with E-state index in [1.54, 1.807) is 36.7 Å². The van der Waals surface area contributed by atoms with Gasteiger partial charge in [0.25, 0.3) is 5.91 Å². The zero-order chi connectivity index (χ0) is 19.3. The SMILES string of the molecule is O=C(NC1CCN(Cc2ccn[nH]2)CC1)c1ccc(-c2cccc(F)c2)nc1. The molecule has 3 aromatic rings. The Morgan fingerprint density at radius 2 is 2.07 bits per heavy atom. The van der Waals surface area contributed by atoms with E-state index in [0.717, 1.165) is 38.2 Å². The second-order valence-corrected chi connectivity index (χ2v) is 7.05. The van der Waals surface area contributed by atoms with Gasteiger partial charge in [0, 0.05) is 49.3 Å². The van der Waals surface area contributed by atoms with Crippen LogP contribution in [0.1, 0.15) is 28.9 Å². The minimum absolute atomic E-state index is 0.120. The summed E-state index contributed by atoms with van der Waals surface area (Å²) in [5, 5.41) is 10.0. The van der Waals surface area contributed by atoms with Gasteiger partial charge >= 0.3 is 0 Å². The quantitative estimate of drug-likeness (QED) is 0.715. The number of benzene rings is 1. The molecule has 0 bridgehead atoms. The molecule has 2 aromatic heterocycles. The zero-order valence-corrected chi connectivity index (χ0v) is 15.4. The number of likely N-dealkylation sites (tertiary alicyclic amines) is 1. The van der Waals surface area contributed by atoms with Crippen LogP contribution in [-0.4, -0.2) is 45.1 Å². The maximum absolute atomic E-state index is 13.4. The number of piperidine rings is 1. The highest BCUT2D eigenvalue weighted by molar-refractivity contribution is 5.94. The van der Waals surface area contributed by atoms with Gasteiger partial charge in [-0.15, -0.1) is 0 Å². The Labute approximate surface area is 162 Å². The number of nitrogens with zero attached hydrogens (tertiary/aromatic N) is 3. The molecule has 1 aliphatic rings. The summed E-state index contributed by atoms with van der Waals surface area (Å²) in [4.78, 5) is 19.2. The minimum atomic E-state index is -0.306. The number of carbonyl (C=O) groups excluding carboxylic acids is 1. The van der Waals surface area contributed by atoms with Crippen LogP contribution in [0, 0.1) is 5.82 Å². The molecule has 0 unspecified atom stereocenters. The largest absolute Gasteiger partial charge is 0.349 e. The molecule has 0 atom stereocenters. The lowest BCUT2D eigenvalue weighted by Crippen LogP contribution is -2.44. The van der Waals surface area contributed by atoms with Gasteiger partial charge in [0.2, 0.25) is 0 Å². The van der Waals surface area contributed by atoms with Crippen LogP contribution in [0.25, 0.3) is 11.3 Å². The molecule has 2 N–H and O–H groups in total. The first-order chi connectivity index (χ1) is 13.7. The van der Waals surface area contributed by atoms with E-state index in [1.807, 2.05) is 6.07 Å². The number of aromatic amines is 1. The predicted molar refractivity (Wildman–Crippen MR) is 104 cm³/mol. The van der Waals surface area contributed by atoms with Crippen molar-refractivity contribution >= 4 is 5.91 Å². The van der Waals surface area contributed by atoms with Crippen molar-refractivity contribution in [3.05, 3.63) is 71.9 Å². The first-order valence-electron chi connectivity index (χ1n) is 9.41. The molecule has 1 saturated heterocycles.